The number of nitrogens with two attached hydrogens (primary N) is 1. The van der Waals surface area contributed by atoms with E-state index in [4.69, 9.17) is 22.2 Å². The lowest BCUT2D eigenvalue weighted by molar-refractivity contribution is 0.140. The van der Waals surface area contributed by atoms with Crippen LogP contribution in [0.25, 0.3) is 0 Å². The van der Waals surface area contributed by atoms with E-state index in [1.807, 2.05) is 11.6 Å². The molecule has 0 spiro atoms. The smallest absolute Gasteiger partial charge is 0.0850 e. The van der Waals surface area contributed by atoms with Gasteiger partial charge in [0.25, 0.3) is 0 Å². The average molecular weight is 303 g/mol. The van der Waals surface area contributed by atoms with Gasteiger partial charge in [-0.15, -0.1) is 0 Å². The Morgan fingerprint density at radius 1 is 1.40 bits per heavy atom. The highest BCUT2D eigenvalue weighted by Crippen LogP contribution is 2.23. The molecule has 0 aliphatic heterocycles. The molecule has 3 N–H and O–H groups in total. The highest BCUT2D eigenvalue weighted by Gasteiger charge is 2.18. The van der Waals surface area contributed by atoms with Crippen LogP contribution in [0.2, 0.25) is 5.02 Å². The van der Waals surface area contributed by atoms with Crippen molar-refractivity contribution in [2.24, 2.45) is 5.84 Å². The fourth-order valence-corrected chi connectivity index (χ4v) is 2.61. The molecule has 1 unspecified atom stereocenters. The van der Waals surface area contributed by atoms with Crippen LogP contribution in [-0.4, -0.2) is 29.0 Å². The number of hydrazine groups is 1. The number of halogens is 1. The van der Waals surface area contributed by atoms with Gasteiger partial charge in [-0.2, -0.15) is 5.10 Å². The quantitative estimate of drug-likeness (QED) is 0.395. The summed E-state index contributed by atoms with van der Waals surface area (Å²) in [6, 6.07) is 0.194. The minimum Gasteiger partial charge on any atom is -0.382 e. The molecule has 1 atom stereocenters. The Labute approximate surface area is 126 Å². The van der Waals surface area contributed by atoms with Crippen molar-refractivity contribution in [1.29, 1.82) is 0 Å². The minimum atomic E-state index is 0.194. The molecule has 0 aliphatic rings. The van der Waals surface area contributed by atoms with Crippen molar-refractivity contribution in [2.75, 3.05) is 13.2 Å². The van der Waals surface area contributed by atoms with Crippen molar-refractivity contribution < 1.29 is 4.74 Å². The van der Waals surface area contributed by atoms with Gasteiger partial charge in [-0.3, -0.25) is 16.0 Å². The van der Waals surface area contributed by atoms with Crippen LogP contribution < -0.4 is 11.3 Å². The van der Waals surface area contributed by atoms with Crippen molar-refractivity contribution in [3.8, 4) is 0 Å². The van der Waals surface area contributed by atoms with Crippen LogP contribution in [0.3, 0.4) is 0 Å². The van der Waals surface area contributed by atoms with Crippen molar-refractivity contribution in [1.82, 2.24) is 15.2 Å². The third-order valence-corrected chi connectivity index (χ3v) is 3.85. The zero-order valence-corrected chi connectivity index (χ0v) is 13.5. The number of aromatic nitrogens is 2. The highest BCUT2D eigenvalue weighted by molar-refractivity contribution is 6.31. The van der Waals surface area contributed by atoms with Gasteiger partial charge in [0.05, 0.1) is 16.4 Å². The molecule has 0 aliphatic carbocycles. The van der Waals surface area contributed by atoms with E-state index in [0.717, 1.165) is 61.9 Å². The molecule has 1 aromatic rings. The largest absolute Gasteiger partial charge is 0.382 e. The molecule has 0 bridgehead atoms. The Hall–Kier alpha value is -0.620. The van der Waals surface area contributed by atoms with Crippen LogP contribution in [-0.2, 0) is 24.1 Å². The summed E-state index contributed by atoms with van der Waals surface area (Å²) >= 11 is 6.42. The first-order valence-corrected chi connectivity index (χ1v) is 7.83. The maximum Gasteiger partial charge on any atom is 0.0850 e. The van der Waals surface area contributed by atoms with Gasteiger partial charge in [0.2, 0.25) is 0 Å². The van der Waals surface area contributed by atoms with E-state index in [0.29, 0.717) is 0 Å². The predicted octanol–water partition coefficient (Wildman–Crippen LogP) is 2.31. The topological polar surface area (TPSA) is 65.1 Å². The van der Waals surface area contributed by atoms with Crippen LogP contribution in [0.5, 0.6) is 0 Å². The van der Waals surface area contributed by atoms with Crippen LogP contribution >= 0.6 is 11.6 Å². The lowest BCUT2D eigenvalue weighted by atomic mass is 10.1. The third kappa shape index (κ3) is 4.74. The number of aryl methyl sites for hydroxylation is 2. The Balaban J connectivity index is 2.66. The second-order valence-corrected chi connectivity index (χ2v) is 5.16. The van der Waals surface area contributed by atoms with Gasteiger partial charge in [0, 0.05) is 32.2 Å². The van der Waals surface area contributed by atoms with Crippen molar-refractivity contribution in [2.45, 2.75) is 59.0 Å². The van der Waals surface area contributed by atoms with E-state index in [-0.39, 0.29) is 6.04 Å². The molecule has 1 heterocycles. The molecular formula is C14H27ClN4O. The fourth-order valence-electron chi connectivity index (χ4n) is 2.27. The number of nitrogens with zero attached hydrogens (tertiary/aromatic N) is 2. The second-order valence-electron chi connectivity index (χ2n) is 4.78. The monoisotopic (exact) mass is 302 g/mol. The first kappa shape index (κ1) is 17.4. The normalized spacial score (nSPS) is 12.8. The van der Waals surface area contributed by atoms with Crippen molar-refractivity contribution >= 4 is 11.6 Å². The number of nitrogens with one attached hydrogen (secondary N) is 1. The summed E-state index contributed by atoms with van der Waals surface area (Å²) in [5, 5.41) is 5.33. The van der Waals surface area contributed by atoms with Crippen LogP contribution in [0.15, 0.2) is 0 Å². The summed E-state index contributed by atoms with van der Waals surface area (Å²) < 4.78 is 7.34. The molecule has 5 nitrogen and oxygen atoms in total. The fraction of sp³-hybridized carbons (Fsp3) is 0.786. The average Bonchev–Trinajstić information content (AvgIpc) is 2.78. The predicted molar refractivity (Wildman–Crippen MR) is 82.8 cm³/mol. The van der Waals surface area contributed by atoms with E-state index in [1.165, 1.54) is 0 Å². The maximum atomic E-state index is 6.42. The van der Waals surface area contributed by atoms with Crippen molar-refractivity contribution in [3.63, 3.8) is 0 Å². The maximum absolute atomic E-state index is 6.42. The highest BCUT2D eigenvalue weighted by atomic mass is 35.5. The van der Waals surface area contributed by atoms with Crippen molar-refractivity contribution in [3.05, 3.63) is 16.4 Å². The van der Waals surface area contributed by atoms with Gasteiger partial charge in [0.1, 0.15) is 0 Å². The molecule has 0 aromatic carbocycles. The Morgan fingerprint density at radius 2 is 2.15 bits per heavy atom. The summed E-state index contributed by atoms with van der Waals surface area (Å²) in [6.45, 7) is 8.51. The molecule has 1 rings (SSSR count). The first-order chi connectivity index (χ1) is 9.67. The molecule has 1 aromatic heterocycles. The zero-order valence-electron chi connectivity index (χ0n) is 12.8. The molecule has 0 saturated heterocycles. The van der Waals surface area contributed by atoms with E-state index < -0.39 is 0 Å². The SMILES string of the molecule is CCOCCCC(Cc1c(Cl)c(CC)nn1CC)NN. The van der Waals surface area contributed by atoms with Crippen LogP contribution in [0.4, 0.5) is 0 Å². The van der Waals surface area contributed by atoms with Crippen LogP contribution in [0, 0.1) is 0 Å². The van der Waals surface area contributed by atoms with Crippen LogP contribution in [0.1, 0.15) is 45.0 Å². The van der Waals surface area contributed by atoms with Gasteiger partial charge in [-0.25, -0.2) is 0 Å². The Bertz CT molecular complexity index is 395. The third-order valence-electron chi connectivity index (χ3n) is 3.41. The molecule has 0 saturated carbocycles. The standard InChI is InChI=1S/C14H27ClN4O/c1-4-12-14(15)13(19(5-2)18-12)10-11(17-16)8-7-9-20-6-3/h11,17H,4-10,16H2,1-3H3. The Kier molecular flexibility index (Phi) is 8.14. The minimum absolute atomic E-state index is 0.194. The number of ether oxygens (including phenoxy) is 1. The second kappa shape index (κ2) is 9.34. The molecule has 20 heavy (non-hydrogen) atoms. The van der Waals surface area contributed by atoms with Gasteiger partial charge < -0.3 is 4.74 Å². The summed E-state index contributed by atoms with van der Waals surface area (Å²) in [7, 11) is 0. The van der Waals surface area contributed by atoms with Gasteiger partial charge >= 0.3 is 0 Å². The lowest BCUT2D eigenvalue weighted by Gasteiger charge is -2.16. The molecule has 0 fully saturated rings. The van der Waals surface area contributed by atoms with E-state index >= 15 is 0 Å². The van der Waals surface area contributed by atoms with Gasteiger partial charge in [-0.1, -0.05) is 18.5 Å². The molecule has 116 valence electrons. The molecular weight excluding hydrogens is 276 g/mol. The molecule has 0 amide bonds. The number of hydrogen-bond donors (Lipinski definition) is 2. The number of rotatable bonds is 10. The summed E-state index contributed by atoms with van der Waals surface area (Å²) in [5.74, 6) is 5.65. The summed E-state index contributed by atoms with van der Waals surface area (Å²) in [4.78, 5) is 0. The number of hydrogen-bond acceptors (Lipinski definition) is 4. The molecule has 6 heteroatoms. The van der Waals surface area contributed by atoms with E-state index in [9.17, 15) is 0 Å². The Morgan fingerprint density at radius 3 is 2.70 bits per heavy atom. The summed E-state index contributed by atoms with van der Waals surface area (Å²) in [6.07, 6.45) is 3.59. The summed E-state index contributed by atoms with van der Waals surface area (Å²) in [5.41, 5.74) is 4.92. The van der Waals surface area contributed by atoms with E-state index in [1.54, 1.807) is 0 Å². The first-order valence-electron chi connectivity index (χ1n) is 7.45. The van der Waals surface area contributed by atoms with E-state index in [2.05, 4.69) is 24.4 Å². The molecule has 0 radical (unpaired) electrons. The van der Waals surface area contributed by atoms with Gasteiger partial charge in [0.15, 0.2) is 0 Å². The van der Waals surface area contributed by atoms with Gasteiger partial charge in [-0.05, 0) is 33.1 Å². The zero-order chi connectivity index (χ0) is 15.0. The lowest BCUT2D eigenvalue weighted by Crippen LogP contribution is -2.37.